The fourth-order valence-electron chi connectivity index (χ4n) is 3.98. The van der Waals surface area contributed by atoms with E-state index in [-0.39, 0.29) is 6.10 Å². The highest BCUT2D eigenvalue weighted by molar-refractivity contribution is 4.63. The summed E-state index contributed by atoms with van der Waals surface area (Å²) in [5.74, 6) is 0. The largest absolute Gasteiger partial charge is 0.378 e. The highest BCUT2D eigenvalue weighted by atomic mass is 16.5. The summed E-state index contributed by atoms with van der Waals surface area (Å²) in [6.45, 7) is 10.5. The molecule has 1 unspecified atom stereocenters. The molecule has 0 saturated carbocycles. The van der Waals surface area contributed by atoms with E-state index in [0.29, 0.717) is 39.6 Å². The van der Waals surface area contributed by atoms with Gasteiger partial charge in [-0.05, 0) is 6.42 Å². The van der Waals surface area contributed by atoms with Crippen LogP contribution < -0.4 is 10.6 Å². The van der Waals surface area contributed by atoms with Gasteiger partial charge in [-0.15, -0.1) is 0 Å². The molecular formula is C26H54N2O4. The van der Waals surface area contributed by atoms with E-state index in [0.717, 1.165) is 39.2 Å². The van der Waals surface area contributed by atoms with Crippen LogP contribution in [0, 0.1) is 0 Å². The Hall–Kier alpha value is -0.240. The third kappa shape index (κ3) is 21.6. The van der Waals surface area contributed by atoms with Crippen molar-refractivity contribution in [1.29, 1.82) is 0 Å². The van der Waals surface area contributed by atoms with E-state index < -0.39 is 0 Å². The van der Waals surface area contributed by atoms with Crippen molar-refractivity contribution in [1.82, 2.24) is 10.6 Å². The Bertz CT molecular complexity index is 343. The smallest absolute Gasteiger partial charge is 0.0704 e. The van der Waals surface area contributed by atoms with E-state index in [1.165, 1.54) is 77.0 Å². The quantitative estimate of drug-likeness (QED) is 0.390. The number of hydrogen-bond donors (Lipinski definition) is 2. The van der Waals surface area contributed by atoms with E-state index in [4.69, 9.17) is 18.9 Å². The summed E-state index contributed by atoms with van der Waals surface area (Å²) in [6.07, 6.45) is 18.0. The number of rotatable bonds is 13. The molecule has 0 aromatic rings. The second kappa shape index (κ2) is 25.4. The third-order valence-corrected chi connectivity index (χ3v) is 5.97. The van der Waals surface area contributed by atoms with Gasteiger partial charge in [0, 0.05) is 26.2 Å². The standard InChI is InChI=1S/C26H54N2O4/c1-2-3-4-5-6-7-8-9-10-11-12-13-14-26-25-28-17-20-30-22-21-29-18-15-27-16-19-31-23-24-32-26/h26-28H,2-25H2,1H3. The lowest BCUT2D eigenvalue weighted by atomic mass is 10.0. The zero-order valence-corrected chi connectivity index (χ0v) is 21.2. The Morgan fingerprint density at radius 1 is 0.531 bits per heavy atom. The first-order valence-electron chi connectivity index (χ1n) is 13.7. The van der Waals surface area contributed by atoms with Gasteiger partial charge in [-0.2, -0.15) is 0 Å². The number of nitrogens with one attached hydrogen (secondary N) is 2. The van der Waals surface area contributed by atoms with E-state index in [2.05, 4.69) is 17.6 Å². The summed E-state index contributed by atoms with van der Waals surface area (Å²) in [5, 5.41) is 6.81. The van der Waals surface area contributed by atoms with Crippen LogP contribution in [-0.4, -0.2) is 78.5 Å². The molecule has 1 aliphatic heterocycles. The molecule has 192 valence electrons. The normalized spacial score (nSPS) is 21.1. The number of ether oxygens (including phenoxy) is 4. The van der Waals surface area contributed by atoms with Crippen molar-refractivity contribution in [3.63, 3.8) is 0 Å². The van der Waals surface area contributed by atoms with E-state index in [1.54, 1.807) is 0 Å². The van der Waals surface area contributed by atoms with Crippen LogP contribution in [0.3, 0.4) is 0 Å². The Morgan fingerprint density at radius 3 is 1.56 bits per heavy atom. The minimum Gasteiger partial charge on any atom is -0.378 e. The first kappa shape index (κ1) is 29.8. The number of hydrogen-bond acceptors (Lipinski definition) is 6. The van der Waals surface area contributed by atoms with Crippen molar-refractivity contribution in [2.24, 2.45) is 0 Å². The van der Waals surface area contributed by atoms with Gasteiger partial charge in [0.25, 0.3) is 0 Å². The van der Waals surface area contributed by atoms with E-state index >= 15 is 0 Å². The van der Waals surface area contributed by atoms with Gasteiger partial charge in [-0.1, -0.05) is 84.0 Å². The Kier molecular flexibility index (Phi) is 23.6. The topological polar surface area (TPSA) is 61.0 Å². The summed E-state index contributed by atoms with van der Waals surface area (Å²) < 4.78 is 23.0. The van der Waals surface area contributed by atoms with Crippen molar-refractivity contribution in [3.05, 3.63) is 0 Å². The molecule has 1 saturated heterocycles. The first-order valence-corrected chi connectivity index (χ1v) is 13.7. The molecular weight excluding hydrogens is 404 g/mol. The van der Waals surface area contributed by atoms with Crippen LogP contribution in [0.1, 0.15) is 90.4 Å². The summed E-state index contributed by atoms with van der Waals surface area (Å²) in [6, 6.07) is 0. The molecule has 6 heteroatoms. The van der Waals surface area contributed by atoms with Gasteiger partial charge in [0.2, 0.25) is 0 Å². The molecule has 32 heavy (non-hydrogen) atoms. The average Bonchev–Trinajstić information content (AvgIpc) is 2.80. The predicted octanol–water partition coefficient (Wildman–Crippen LogP) is 4.71. The molecule has 1 atom stereocenters. The zero-order chi connectivity index (χ0) is 22.8. The van der Waals surface area contributed by atoms with Gasteiger partial charge >= 0.3 is 0 Å². The Balaban J connectivity index is 2.06. The summed E-state index contributed by atoms with van der Waals surface area (Å²) >= 11 is 0. The second-order valence-corrected chi connectivity index (χ2v) is 8.96. The van der Waals surface area contributed by atoms with Crippen LogP contribution >= 0.6 is 0 Å². The molecule has 1 rings (SSSR count). The fraction of sp³-hybridized carbons (Fsp3) is 1.00. The maximum Gasteiger partial charge on any atom is 0.0704 e. The molecule has 0 aromatic heterocycles. The minimum atomic E-state index is 0.266. The average molecular weight is 459 g/mol. The van der Waals surface area contributed by atoms with Gasteiger partial charge in [0.1, 0.15) is 0 Å². The van der Waals surface area contributed by atoms with Crippen molar-refractivity contribution in [2.45, 2.75) is 96.5 Å². The predicted molar refractivity (Wildman–Crippen MR) is 134 cm³/mol. The van der Waals surface area contributed by atoms with Crippen molar-refractivity contribution in [3.8, 4) is 0 Å². The SMILES string of the molecule is CCCCCCCCCCCCCCC1CNCCOCCOCCNCCOCCO1. The van der Waals surface area contributed by atoms with Gasteiger partial charge in [-0.3, -0.25) is 0 Å². The number of unbranched alkanes of at least 4 members (excludes halogenated alkanes) is 11. The van der Waals surface area contributed by atoms with Gasteiger partial charge in [-0.25, -0.2) is 0 Å². The fourth-order valence-corrected chi connectivity index (χ4v) is 3.98. The molecule has 1 fully saturated rings. The third-order valence-electron chi connectivity index (χ3n) is 5.97. The second-order valence-electron chi connectivity index (χ2n) is 8.96. The van der Waals surface area contributed by atoms with Crippen LogP contribution in [0.15, 0.2) is 0 Å². The highest BCUT2D eigenvalue weighted by Crippen LogP contribution is 2.13. The van der Waals surface area contributed by atoms with Crippen LogP contribution in [0.25, 0.3) is 0 Å². The summed E-state index contributed by atoms with van der Waals surface area (Å²) in [7, 11) is 0. The Labute approximate surface area is 198 Å². The molecule has 0 radical (unpaired) electrons. The lowest BCUT2D eigenvalue weighted by Crippen LogP contribution is -2.33. The van der Waals surface area contributed by atoms with Crippen LogP contribution in [0.2, 0.25) is 0 Å². The van der Waals surface area contributed by atoms with Crippen molar-refractivity contribution in [2.75, 3.05) is 72.4 Å². The lowest BCUT2D eigenvalue weighted by Gasteiger charge is -2.19. The van der Waals surface area contributed by atoms with Gasteiger partial charge in [0.15, 0.2) is 0 Å². The van der Waals surface area contributed by atoms with E-state index in [1.807, 2.05) is 0 Å². The minimum absolute atomic E-state index is 0.266. The van der Waals surface area contributed by atoms with Crippen LogP contribution in [0.5, 0.6) is 0 Å². The zero-order valence-electron chi connectivity index (χ0n) is 21.2. The molecule has 0 aliphatic carbocycles. The van der Waals surface area contributed by atoms with Gasteiger partial charge < -0.3 is 29.6 Å². The van der Waals surface area contributed by atoms with Gasteiger partial charge in [0.05, 0.1) is 52.4 Å². The Morgan fingerprint density at radius 2 is 1.00 bits per heavy atom. The first-order chi connectivity index (χ1) is 15.9. The molecule has 1 heterocycles. The molecule has 6 nitrogen and oxygen atoms in total. The molecule has 0 spiro atoms. The highest BCUT2D eigenvalue weighted by Gasteiger charge is 2.09. The monoisotopic (exact) mass is 458 g/mol. The lowest BCUT2D eigenvalue weighted by molar-refractivity contribution is -0.000932. The molecule has 2 N–H and O–H groups in total. The summed E-state index contributed by atoms with van der Waals surface area (Å²) in [5.41, 5.74) is 0. The van der Waals surface area contributed by atoms with E-state index in [9.17, 15) is 0 Å². The van der Waals surface area contributed by atoms with Crippen molar-refractivity contribution < 1.29 is 18.9 Å². The van der Waals surface area contributed by atoms with Crippen LogP contribution in [0.4, 0.5) is 0 Å². The summed E-state index contributed by atoms with van der Waals surface area (Å²) in [4.78, 5) is 0. The molecule has 0 bridgehead atoms. The van der Waals surface area contributed by atoms with Crippen molar-refractivity contribution >= 4 is 0 Å². The molecule has 1 aliphatic rings. The maximum absolute atomic E-state index is 6.12. The molecule has 0 aromatic carbocycles. The molecule has 0 amide bonds. The maximum atomic E-state index is 6.12. The van der Waals surface area contributed by atoms with Crippen LogP contribution in [-0.2, 0) is 18.9 Å².